The number of anilines is 1. The third-order valence-corrected chi connectivity index (χ3v) is 2.63. The van der Waals surface area contributed by atoms with Gasteiger partial charge < -0.3 is 5.32 Å². The standard InChI is InChI=1S/C11H10F4N4/c1-16-10-18-17-9(19(10)2)6-3-4-8(12)7(5-6)11(13,14)15/h3-5H,1-2H3,(H,16,18). The number of hydrogen-bond donors (Lipinski definition) is 1. The van der Waals surface area contributed by atoms with Crippen LogP contribution in [0.25, 0.3) is 11.4 Å². The van der Waals surface area contributed by atoms with Crippen LogP contribution in [0.2, 0.25) is 0 Å². The molecule has 0 amide bonds. The van der Waals surface area contributed by atoms with Crippen LogP contribution >= 0.6 is 0 Å². The summed E-state index contributed by atoms with van der Waals surface area (Å²) in [5.74, 6) is -0.699. The molecule has 0 saturated heterocycles. The number of halogens is 4. The van der Waals surface area contributed by atoms with E-state index in [9.17, 15) is 17.6 Å². The van der Waals surface area contributed by atoms with Gasteiger partial charge in [0, 0.05) is 19.7 Å². The van der Waals surface area contributed by atoms with Crippen molar-refractivity contribution in [2.75, 3.05) is 12.4 Å². The highest BCUT2D eigenvalue weighted by Gasteiger charge is 2.34. The minimum atomic E-state index is -4.75. The molecule has 4 nitrogen and oxygen atoms in total. The SMILES string of the molecule is CNc1nnc(-c2ccc(F)c(C(F)(F)F)c2)n1C. The topological polar surface area (TPSA) is 42.7 Å². The Hall–Kier alpha value is -2.12. The molecular weight excluding hydrogens is 264 g/mol. The predicted octanol–water partition coefficient (Wildman–Crippen LogP) is 2.68. The van der Waals surface area contributed by atoms with Gasteiger partial charge in [-0.15, -0.1) is 10.2 Å². The van der Waals surface area contributed by atoms with E-state index in [1.807, 2.05) is 0 Å². The van der Waals surface area contributed by atoms with Crippen molar-refractivity contribution in [2.24, 2.45) is 7.05 Å². The summed E-state index contributed by atoms with van der Waals surface area (Å²) in [5.41, 5.74) is -1.18. The van der Waals surface area contributed by atoms with Gasteiger partial charge in [0.15, 0.2) is 5.82 Å². The van der Waals surface area contributed by atoms with Gasteiger partial charge in [0.25, 0.3) is 0 Å². The summed E-state index contributed by atoms with van der Waals surface area (Å²) in [6, 6.07) is 2.72. The molecule has 0 aliphatic carbocycles. The van der Waals surface area contributed by atoms with Crippen molar-refractivity contribution in [3.63, 3.8) is 0 Å². The lowest BCUT2D eigenvalue weighted by molar-refractivity contribution is -0.139. The Morgan fingerprint density at radius 1 is 1.21 bits per heavy atom. The summed E-state index contributed by atoms with van der Waals surface area (Å²) in [5, 5.41) is 10.3. The van der Waals surface area contributed by atoms with Crippen molar-refractivity contribution in [1.29, 1.82) is 0 Å². The summed E-state index contributed by atoms with van der Waals surface area (Å²) in [7, 11) is 3.21. The molecule has 2 aromatic rings. The van der Waals surface area contributed by atoms with Crippen LogP contribution in [-0.4, -0.2) is 21.8 Å². The van der Waals surface area contributed by atoms with Crippen LogP contribution in [0.3, 0.4) is 0 Å². The maximum absolute atomic E-state index is 13.2. The molecule has 1 aromatic heterocycles. The molecule has 19 heavy (non-hydrogen) atoms. The van der Waals surface area contributed by atoms with Crippen molar-refractivity contribution in [3.05, 3.63) is 29.6 Å². The molecule has 0 bridgehead atoms. The average molecular weight is 274 g/mol. The molecule has 0 fully saturated rings. The molecule has 0 aliphatic heterocycles. The van der Waals surface area contributed by atoms with Gasteiger partial charge in [-0.3, -0.25) is 4.57 Å². The Kier molecular flexibility index (Phi) is 3.17. The second-order valence-electron chi connectivity index (χ2n) is 3.85. The lowest BCUT2D eigenvalue weighted by Crippen LogP contribution is -2.08. The zero-order valence-corrected chi connectivity index (χ0v) is 10.1. The van der Waals surface area contributed by atoms with Crippen LogP contribution in [0.1, 0.15) is 5.56 Å². The molecule has 0 aliphatic rings. The van der Waals surface area contributed by atoms with Gasteiger partial charge in [-0.05, 0) is 18.2 Å². The van der Waals surface area contributed by atoms with Gasteiger partial charge in [0.1, 0.15) is 5.82 Å². The maximum atomic E-state index is 13.2. The van der Waals surface area contributed by atoms with E-state index in [0.717, 1.165) is 12.1 Å². The largest absolute Gasteiger partial charge is 0.419 e. The maximum Gasteiger partial charge on any atom is 0.419 e. The van der Waals surface area contributed by atoms with Crippen molar-refractivity contribution in [2.45, 2.75) is 6.18 Å². The Balaban J connectivity index is 2.55. The van der Waals surface area contributed by atoms with Gasteiger partial charge in [0.05, 0.1) is 5.56 Å². The average Bonchev–Trinajstić information content (AvgIpc) is 2.70. The summed E-state index contributed by atoms with van der Waals surface area (Å²) < 4.78 is 52.5. The zero-order chi connectivity index (χ0) is 14.2. The van der Waals surface area contributed by atoms with Crippen molar-refractivity contribution >= 4 is 5.95 Å². The zero-order valence-electron chi connectivity index (χ0n) is 10.1. The van der Waals surface area contributed by atoms with Crippen molar-refractivity contribution in [1.82, 2.24) is 14.8 Å². The molecule has 0 atom stereocenters. The van der Waals surface area contributed by atoms with Gasteiger partial charge in [0.2, 0.25) is 5.95 Å². The third-order valence-electron chi connectivity index (χ3n) is 2.63. The Morgan fingerprint density at radius 2 is 1.89 bits per heavy atom. The molecule has 0 saturated carbocycles. The molecule has 0 spiro atoms. The highest BCUT2D eigenvalue weighted by molar-refractivity contribution is 5.58. The van der Waals surface area contributed by atoms with Gasteiger partial charge >= 0.3 is 6.18 Å². The molecule has 1 N–H and O–H groups in total. The lowest BCUT2D eigenvalue weighted by atomic mass is 10.1. The van der Waals surface area contributed by atoms with E-state index < -0.39 is 17.6 Å². The summed E-state index contributed by atoms with van der Waals surface area (Å²) in [6.45, 7) is 0. The molecule has 2 rings (SSSR count). The lowest BCUT2D eigenvalue weighted by Gasteiger charge is -2.10. The summed E-state index contributed by atoms with van der Waals surface area (Å²) in [6.07, 6.45) is -4.75. The smallest absolute Gasteiger partial charge is 0.357 e. The molecule has 1 aromatic carbocycles. The van der Waals surface area contributed by atoms with E-state index in [0.29, 0.717) is 5.95 Å². The first-order valence-electron chi connectivity index (χ1n) is 5.29. The van der Waals surface area contributed by atoms with Gasteiger partial charge in [-0.2, -0.15) is 13.2 Å². The second kappa shape index (κ2) is 4.52. The van der Waals surface area contributed by atoms with E-state index in [4.69, 9.17) is 0 Å². The Labute approximate surface area is 106 Å². The van der Waals surface area contributed by atoms with Crippen LogP contribution in [0.4, 0.5) is 23.5 Å². The number of nitrogens with zero attached hydrogens (tertiary/aromatic N) is 3. The first kappa shape index (κ1) is 13.3. The number of rotatable bonds is 2. The van der Waals surface area contributed by atoms with E-state index in [2.05, 4.69) is 15.5 Å². The number of nitrogens with one attached hydrogen (secondary N) is 1. The second-order valence-corrected chi connectivity index (χ2v) is 3.85. The molecule has 8 heteroatoms. The highest BCUT2D eigenvalue weighted by atomic mass is 19.4. The minimum absolute atomic E-state index is 0.144. The van der Waals surface area contributed by atoms with Crippen LogP contribution in [-0.2, 0) is 13.2 Å². The Bertz CT molecular complexity index is 603. The number of alkyl halides is 3. The molecular formula is C11H10F4N4. The van der Waals surface area contributed by atoms with Gasteiger partial charge in [-0.25, -0.2) is 4.39 Å². The predicted molar refractivity (Wildman–Crippen MR) is 60.9 cm³/mol. The van der Waals surface area contributed by atoms with Crippen LogP contribution < -0.4 is 5.32 Å². The molecule has 102 valence electrons. The fourth-order valence-electron chi connectivity index (χ4n) is 1.68. The first-order chi connectivity index (χ1) is 8.84. The number of benzene rings is 1. The molecule has 0 unspecified atom stereocenters. The van der Waals surface area contributed by atoms with E-state index >= 15 is 0 Å². The fraction of sp³-hybridized carbons (Fsp3) is 0.273. The van der Waals surface area contributed by atoms with Crippen molar-refractivity contribution in [3.8, 4) is 11.4 Å². The van der Waals surface area contributed by atoms with Crippen molar-refractivity contribution < 1.29 is 17.6 Å². The van der Waals surface area contributed by atoms with Gasteiger partial charge in [-0.1, -0.05) is 0 Å². The van der Waals surface area contributed by atoms with E-state index in [1.54, 1.807) is 14.1 Å². The molecule has 1 heterocycles. The van der Waals surface area contributed by atoms with Crippen LogP contribution in [0.15, 0.2) is 18.2 Å². The highest BCUT2D eigenvalue weighted by Crippen LogP contribution is 2.34. The first-order valence-corrected chi connectivity index (χ1v) is 5.29. The summed E-state index contributed by atoms with van der Waals surface area (Å²) >= 11 is 0. The minimum Gasteiger partial charge on any atom is -0.357 e. The van der Waals surface area contributed by atoms with Crippen LogP contribution in [0.5, 0.6) is 0 Å². The molecule has 0 radical (unpaired) electrons. The van der Waals surface area contributed by atoms with E-state index in [1.165, 1.54) is 10.6 Å². The summed E-state index contributed by atoms with van der Waals surface area (Å²) in [4.78, 5) is 0. The monoisotopic (exact) mass is 274 g/mol. The normalized spacial score (nSPS) is 11.7. The van der Waals surface area contributed by atoms with E-state index in [-0.39, 0.29) is 11.4 Å². The van der Waals surface area contributed by atoms with Crippen LogP contribution in [0, 0.1) is 5.82 Å². The Morgan fingerprint density at radius 3 is 2.42 bits per heavy atom. The fourth-order valence-corrected chi connectivity index (χ4v) is 1.68. The third kappa shape index (κ3) is 2.38. The quantitative estimate of drug-likeness (QED) is 0.856. The number of hydrogen-bond acceptors (Lipinski definition) is 3. The number of aromatic nitrogens is 3.